The third-order valence-corrected chi connectivity index (χ3v) is 6.87. The van der Waals surface area contributed by atoms with Crippen molar-refractivity contribution in [3.8, 4) is 10.4 Å². The van der Waals surface area contributed by atoms with Gasteiger partial charge in [0.1, 0.15) is 10.7 Å². The molecule has 0 bridgehead atoms. The number of amides is 1. The summed E-state index contributed by atoms with van der Waals surface area (Å²) in [6.45, 7) is 0. The van der Waals surface area contributed by atoms with Crippen LogP contribution in [-0.2, 0) is 15.3 Å². The van der Waals surface area contributed by atoms with E-state index in [9.17, 15) is 9.59 Å². The highest BCUT2D eigenvalue weighted by Crippen LogP contribution is 2.46. The third-order valence-electron chi connectivity index (χ3n) is 4.66. The van der Waals surface area contributed by atoms with Crippen molar-refractivity contribution in [1.29, 1.82) is 0 Å². The van der Waals surface area contributed by atoms with Crippen LogP contribution in [0, 0.1) is 0 Å². The van der Waals surface area contributed by atoms with Gasteiger partial charge in [-0.25, -0.2) is 9.78 Å². The molecule has 7 heteroatoms. The Kier molecular flexibility index (Phi) is 3.17. The number of carbonyl (C=O) groups is 2. The minimum Gasteiger partial charge on any atom is -0.477 e. The lowest BCUT2D eigenvalue weighted by Gasteiger charge is -2.38. The molecule has 0 spiro atoms. The average molecular weight is 368 g/mol. The largest absolute Gasteiger partial charge is 0.477 e. The van der Waals surface area contributed by atoms with Crippen molar-refractivity contribution < 1.29 is 14.7 Å². The van der Waals surface area contributed by atoms with Crippen LogP contribution in [0.15, 0.2) is 46.8 Å². The Morgan fingerprint density at radius 3 is 3.16 bits per heavy atom. The Balaban J connectivity index is 1.48. The predicted molar refractivity (Wildman–Crippen MR) is 96.1 cm³/mol. The van der Waals surface area contributed by atoms with Crippen molar-refractivity contribution in [2.45, 2.75) is 23.2 Å². The van der Waals surface area contributed by atoms with E-state index in [1.807, 2.05) is 18.3 Å². The van der Waals surface area contributed by atoms with E-state index in [-0.39, 0.29) is 17.6 Å². The van der Waals surface area contributed by atoms with Crippen LogP contribution in [0.1, 0.15) is 16.9 Å². The summed E-state index contributed by atoms with van der Waals surface area (Å²) in [7, 11) is 0. The van der Waals surface area contributed by atoms with Gasteiger partial charge >= 0.3 is 5.97 Å². The van der Waals surface area contributed by atoms with Gasteiger partial charge in [0.15, 0.2) is 0 Å². The number of rotatable bonds is 2. The van der Waals surface area contributed by atoms with Gasteiger partial charge in [0.05, 0.1) is 6.04 Å². The molecule has 1 saturated heterocycles. The van der Waals surface area contributed by atoms with Crippen molar-refractivity contribution in [2.24, 2.45) is 0 Å². The molecule has 2 aromatic rings. The molecule has 1 N–H and O–H groups in total. The SMILES string of the molecule is O=C(O)C1=CC[C@@H]2C(=Cc3cc4c(s3)-c3cccnc3SC4)C(=O)N12. The van der Waals surface area contributed by atoms with E-state index in [4.69, 9.17) is 5.11 Å². The van der Waals surface area contributed by atoms with Crippen LogP contribution in [-0.4, -0.2) is 32.9 Å². The van der Waals surface area contributed by atoms with E-state index in [0.717, 1.165) is 21.2 Å². The molecular formula is C18H12N2O3S2. The molecule has 1 amide bonds. The fraction of sp³-hybridized carbons (Fsp3) is 0.167. The van der Waals surface area contributed by atoms with Gasteiger partial charge in [0.2, 0.25) is 0 Å². The molecule has 5 heterocycles. The summed E-state index contributed by atoms with van der Waals surface area (Å²) in [5.41, 5.74) is 3.22. The second-order valence-electron chi connectivity index (χ2n) is 6.07. The number of aliphatic carboxylic acids is 1. The summed E-state index contributed by atoms with van der Waals surface area (Å²) < 4.78 is 0. The molecule has 25 heavy (non-hydrogen) atoms. The molecule has 1 atom stereocenters. The van der Waals surface area contributed by atoms with Gasteiger partial charge in [-0.2, -0.15) is 0 Å². The third kappa shape index (κ3) is 2.12. The van der Waals surface area contributed by atoms with Crippen LogP contribution in [0.4, 0.5) is 0 Å². The van der Waals surface area contributed by atoms with Crippen molar-refractivity contribution >= 4 is 41.1 Å². The number of carbonyl (C=O) groups excluding carboxylic acids is 1. The lowest BCUT2D eigenvalue weighted by Crippen LogP contribution is -2.52. The molecule has 5 rings (SSSR count). The quantitative estimate of drug-likeness (QED) is 0.650. The lowest BCUT2D eigenvalue weighted by molar-refractivity contribution is -0.142. The second kappa shape index (κ2) is 5.31. The van der Waals surface area contributed by atoms with Crippen LogP contribution >= 0.6 is 23.1 Å². The van der Waals surface area contributed by atoms with Crippen LogP contribution < -0.4 is 0 Å². The molecule has 3 aliphatic rings. The molecule has 0 aromatic carbocycles. The fourth-order valence-electron chi connectivity index (χ4n) is 3.51. The summed E-state index contributed by atoms with van der Waals surface area (Å²) >= 11 is 3.39. The number of thiophene rings is 1. The molecular weight excluding hydrogens is 356 g/mol. The molecule has 0 radical (unpaired) electrons. The Labute approximate surface area is 151 Å². The lowest BCUT2D eigenvalue weighted by atomic mass is 9.94. The molecule has 2 aromatic heterocycles. The number of hydrogen-bond acceptors (Lipinski definition) is 5. The van der Waals surface area contributed by atoms with Crippen LogP contribution in [0.2, 0.25) is 0 Å². The zero-order chi connectivity index (χ0) is 17.1. The van der Waals surface area contributed by atoms with E-state index in [1.54, 1.807) is 29.2 Å². The maximum atomic E-state index is 12.3. The Hall–Kier alpha value is -2.38. The summed E-state index contributed by atoms with van der Waals surface area (Å²) in [5.74, 6) is -0.352. The van der Waals surface area contributed by atoms with Gasteiger partial charge in [-0.15, -0.1) is 23.1 Å². The molecule has 5 nitrogen and oxygen atoms in total. The van der Waals surface area contributed by atoms with Gasteiger partial charge in [0, 0.05) is 32.8 Å². The first-order valence-electron chi connectivity index (χ1n) is 7.83. The number of carboxylic acids is 1. The smallest absolute Gasteiger partial charge is 0.352 e. The topological polar surface area (TPSA) is 70.5 Å². The zero-order valence-electron chi connectivity index (χ0n) is 12.9. The summed E-state index contributed by atoms with van der Waals surface area (Å²) in [4.78, 5) is 31.6. The monoisotopic (exact) mass is 368 g/mol. The second-order valence-corrected chi connectivity index (χ2v) is 8.12. The highest BCUT2D eigenvalue weighted by atomic mass is 32.2. The Morgan fingerprint density at radius 1 is 1.44 bits per heavy atom. The highest BCUT2D eigenvalue weighted by Gasteiger charge is 2.48. The first-order chi connectivity index (χ1) is 12.1. The molecule has 0 saturated carbocycles. The predicted octanol–water partition coefficient (Wildman–Crippen LogP) is 3.38. The Bertz CT molecular complexity index is 1010. The van der Waals surface area contributed by atoms with E-state index in [0.29, 0.717) is 12.0 Å². The van der Waals surface area contributed by atoms with Crippen molar-refractivity contribution in [2.75, 3.05) is 0 Å². The maximum Gasteiger partial charge on any atom is 0.352 e. The average Bonchev–Trinajstić information content (AvgIpc) is 3.21. The van der Waals surface area contributed by atoms with Gasteiger partial charge < -0.3 is 5.11 Å². The first kappa shape index (κ1) is 14.9. The number of hydrogen-bond donors (Lipinski definition) is 1. The van der Waals surface area contributed by atoms with Crippen molar-refractivity contribution in [1.82, 2.24) is 9.88 Å². The number of thioether (sulfide) groups is 1. The summed E-state index contributed by atoms with van der Waals surface area (Å²) in [5, 5.41) is 10.2. The molecule has 124 valence electrons. The number of carboxylic acid groups (broad SMARTS) is 1. The van der Waals surface area contributed by atoms with Crippen LogP contribution in [0.25, 0.3) is 16.5 Å². The number of pyridine rings is 1. The Morgan fingerprint density at radius 2 is 2.32 bits per heavy atom. The van der Waals surface area contributed by atoms with E-state index in [2.05, 4.69) is 17.1 Å². The minimum absolute atomic E-state index is 0.106. The van der Waals surface area contributed by atoms with Crippen LogP contribution in [0.5, 0.6) is 0 Å². The molecule has 0 unspecified atom stereocenters. The number of fused-ring (bicyclic) bond motifs is 4. The van der Waals surface area contributed by atoms with E-state index < -0.39 is 5.97 Å². The molecule has 3 aliphatic heterocycles. The van der Waals surface area contributed by atoms with E-state index >= 15 is 0 Å². The van der Waals surface area contributed by atoms with Gasteiger partial charge in [-0.05, 0) is 36.3 Å². The molecule has 1 fully saturated rings. The fourth-order valence-corrected chi connectivity index (χ4v) is 5.81. The maximum absolute atomic E-state index is 12.3. The van der Waals surface area contributed by atoms with Crippen molar-refractivity contribution in [3.63, 3.8) is 0 Å². The normalized spacial score (nSPS) is 22.2. The standard InChI is InChI=1S/C18H12N2O3S2/c21-17-12(13-3-4-14(18(22)23)20(13)17)7-10-6-9-8-24-16-11(15(9)25-10)2-1-5-19-16/h1-2,4-7,13H,3,8H2,(H,22,23)/t13-/m1/s1. The van der Waals surface area contributed by atoms with Gasteiger partial charge in [0.25, 0.3) is 5.91 Å². The first-order valence-corrected chi connectivity index (χ1v) is 9.63. The highest BCUT2D eigenvalue weighted by molar-refractivity contribution is 7.98. The zero-order valence-corrected chi connectivity index (χ0v) is 14.6. The number of aromatic nitrogens is 1. The van der Waals surface area contributed by atoms with Crippen LogP contribution in [0.3, 0.4) is 0 Å². The molecule has 0 aliphatic carbocycles. The summed E-state index contributed by atoms with van der Waals surface area (Å²) in [6, 6.07) is 6.03. The van der Waals surface area contributed by atoms with Gasteiger partial charge in [-0.1, -0.05) is 6.08 Å². The van der Waals surface area contributed by atoms with Crippen molar-refractivity contribution in [3.05, 3.63) is 52.2 Å². The summed E-state index contributed by atoms with van der Waals surface area (Å²) in [6.07, 6.45) is 5.94. The van der Waals surface area contributed by atoms with E-state index in [1.165, 1.54) is 15.3 Å². The van der Waals surface area contributed by atoms with Gasteiger partial charge in [-0.3, -0.25) is 9.69 Å². The minimum atomic E-state index is -1.04. The number of nitrogens with zero attached hydrogens (tertiary/aromatic N) is 2. The number of β-lactam (4-membered cyclic amide) rings is 1.